The fraction of sp³-hybridized carbons (Fsp3) is 0.333. The van der Waals surface area contributed by atoms with Crippen LogP contribution in [-0.4, -0.2) is 34.7 Å². The Kier molecular flexibility index (Phi) is 5.41. The highest BCUT2D eigenvalue weighted by Crippen LogP contribution is 2.35. The molecule has 0 aliphatic carbocycles. The van der Waals surface area contributed by atoms with Gasteiger partial charge in [-0.05, 0) is 42.0 Å². The summed E-state index contributed by atoms with van der Waals surface area (Å²) in [6.45, 7) is 5.43. The van der Waals surface area contributed by atoms with Crippen molar-refractivity contribution in [1.82, 2.24) is 9.80 Å². The predicted molar refractivity (Wildman–Crippen MR) is 110 cm³/mol. The van der Waals surface area contributed by atoms with E-state index in [1.54, 1.807) is 18.2 Å². The smallest absolute Gasteiger partial charge is 0.278 e. The van der Waals surface area contributed by atoms with Crippen molar-refractivity contribution < 1.29 is 18.4 Å². The largest absolute Gasteiger partial charge is 0.366 e. The summed E-state index contributed by atoms with van der Waals surface area (Å²) in [6, 6.07) is 11.7. The molecule has 1 fully saturated rings. The molecule has 0 N–H and O–H groups in total. The fourth-order valence-electron chi connectivity index (χ4n) is 4.52. The molecule has 0 spiro atoms. The first-order valence-corrected chi connectivity index (χ1v) is 10.2. The molecule has 2 aromatic rings. The molecule has 30 heavy (non-hydrogen) atoms. The number of benzene rings is 2. The molecule has 4 nitrogen and oxygen atoms in total. The van der Waals surface area contributed by atoms with Gasteiger partial charge in [0.2, 0.25) is 0 Å². The summed E-state index contributed by atoms with van der Waals surface area (Å²) in [5.41, 5.74) is 1.37. The van der Waals surface area contributed by atoms with Crippen LogP contribution >= 0.6 is 0 Å². The zero-order chi connectivity index (χ0) is 21.4. The number of likely N-dealkylation sites (tertiary alicyclic amines) is 1. The molecular formula is C24H24F2N2O2. The molecule has 4 rings (SSSR count). The zero-order valence-corrected chi connectivity index (χ0v) is 17.1. The summed E-state index contributed by atoms with van der Waals surface area (Å²) < 4.78 is 27.7. The molecule has 1 saturated heterocycles. The van der Waals surface area contributed by atoms with Crippen molar-refractivity contribution in [3.8, 4) is 0 Å². The number of amides is 2. The fourth-order valence-corrected chi connectivity index (χ4v) is 4.52. The van der Waals surface area contributed by atoms with Crippen molar-refractivity contribution in [3.05, 3.63) is 77.0 Å². The van der Waals surface area contributed by atoms with Crippen molar-refractivity contribution in [1.29, 1.82) is 0 Å². The lowest BCUT2D eigenvalue weighted by Crippen LogP contribution is -2.41. The van der Waals surface area contributed by atoms with Crippen LogP contribution in [0.4, 0.5) is 8.78 Å². The number of rotatable bonds is 4. The highest BCUT2D eigenvalue weighted by molar-refractivity contribution is 6.35. The van der Waals surface area contributed by atoms with Crippen LogP contribution in [0.3, 0.4) is 0 Å². The minimum Gasteiger partial charge on any atom is -0.366 e. The Bertz CT molecular complexity index is 1010. The van der Waals surface area contributed by atoms with E-state index in [4.69, 9.17) is 0 Å². The second-order valence-electron chi connectivity index (χ2n) is 8.37. The lowest BCUT2D eigenvalue weighted by molar-refractivity contribution is -0.138. The summed E-state index contributed by atoms with van der Waals surface area (Å²) in [5.74, 6) is -1.03. The molecule has 0 aromatic heterocycles. The van der Waals surface area contributed by atoms with Gasteiger partial charge in [0.15, 0.2) is 0 Å². The van der Waals surface area contributed by atoms with E-state index in [9.17, 15) is 18.4 Å². The van der Waals surface area contributed by atoms with E-state index in [1.807, 2.05) is 4.90 Å². The van der Waals surface area contributed by atoms with Gasteiger partial charge in [-0.2, -0.15) is 0 Å². The van der Waals surface area contributed by atoms with Gasteiger partial charge in [0, 0.05) is 18.7 Å². The third-order valence-electron chi connectivity index (χ3n) is 5.75. The van der Waals surface area contributed by atoms with Crippen LogP contribution in [0.5, 0.6) is 0 Å². The maximum absolute atomic E-state index is 14.2. The van der Waals surface area contributed by atoms with Gasteiger partial charge in [0.25, 0.3) is 11.8 Å². The van der Waals surface area contributed by atoms with Crippen LogP contribution in [0.1, 0.15) is 31.4 Å². The third-order valence-corrected chi connectivity index (χ3v) is 5.75. The second kappa shape index (κ2) is 8.01. The van der Waals surface area contributed by atoms with Crippen molar-refractivity contribution in [2.45, 2.75) is 26.8 Å². The number of piperidine rings is 1. The minimum atomic E-state index is -0.476. The van der Waals surface area contributed by atoms with E-state index in [-0.39, 0.29) is 17.7 Å². The molecule has 2 unspecified atom stereocenters. The molecule has 2 amide bonds. The summed E-state index contributed by atoms with van der Waals surface area (Å²) in [6.07, 6.45) is 1.05. The summed E-state index contributed by atoms with van der Waals surface area (Å²) >= 11 is 0. The van der Waals surface area contributed by atoms with Crippen LogP contribution in [0.15, 0.2) is 54.2 Å². The maximum atomic E-state index is 14.2. The van der Waals surface area contributed by atoms with Crippen molar-refractivity contribution in [2.75, 3.05) is 13.1 Å². The summed E-state index contributed by atoms with van der Waals surface area (Å²) in [5, 5.41) is 0. The molecule has 0 saturated carbocycles. The van der Waals surface area contributed by atoms with E-state index >= 15 is 0 Å². The van der Waals surface area contributed by atoms with Gasteiger partial charge in [0.05, 0.1) is 12.1 Å². The van der Waals surface area contributed by atoms with Crippen LogP contribution < -0.4 is 0 Å². The van der Waals surface area contributed by atoms with Gasteiger partial charge in [-0.1, -0.05) is 44.2 Å². The highest BCUT2D eigenvalue weighted by Gasteiger charge is 2.43. The molecule has 2 atom stereocenters. The van der Waals surface area contributed by atoms with Crippen molar-refractivity contribution >= 4 is 17.4 Å². The SMILES string of the molecule is CC1CC(C)CN(C2=C(c3ccc(F)cc3)C(=O)N(Cc3ccccc3F)C2=O)C1. The second-order valence-corrected chi connectivity index (χ2v) is 8.37. The number of halogens is 2. The zero-order valence-electron chi connectivity index (χ0n) is 17.1. The predicted octanol–water partition coefficient (Wildman–Crippen LogP) is 4.22. The van der Waals surface area contributed by atoms with E-state index in [0.717, 1.165) is 11.3 Å². The monoisotopic (exact) mass is 410 g/mol. The Morgan fingerprint density at radius 1 is 0.900 bits per heavy atom. The van der Waals surface area contributed by atoms with E-state index < -0.39 is 23.4 Å². The number of carbonyl (C=O) groups excluding carboxylic acids is 2. The summed E-state index contributed by atoms with van der Waals surface area (Å²) in [7, 11) is 0. The van der Waals surface area contributed by atoms with Crippen molar-refractivity contribution in [3.63, 3.8) is 0 Å². The molecule has 0 bridgehead atoms. The van der Waals surface area contributed by atoms with Gasteiger partial charge in [-0.25, -0.2) is 8.78 Å². The van der Waals surface area contributed by atoms with Gasteiger partial charge >= 0.3 is 0 Å². The molecule has 2 heterocycles. The third kappa shape index (κ3) is 3.74. The highest BCUT2D eigenvalue weighted by atomic mass is 19.1. The molecule has 2 aliphatic rings. The molecular weight excluding hydrogens is 386 g/mol. The first kappa shape index (κ1) is 20.3. The Morgan fingerprint density at radius 3 is 2.17 bits per heavy atom. The van der Waals surface area contributed by atoms with Gasteiger partial charge in [-0.3, -0.25) is 14.5 Å². The Hall–Kier alpha value is -3.02. The standard InChI is InChI=1S/C24H24F2N2O2/c1-15-11-16(2)13-27(12-15)22-21(17-7-9-19(25)10-8-17)23(29)28(24(22)30)14-18-5-3-4-6-20(18)26/h3-10,15-16H,11-14H2,1-2H3. The number of carbonyl (C=O) groups is 2. The van der Waals surface area contributed by atoms with Gasteiger partial charge < -0.3 is 4.90 Å². The first-order chi connectivity index (χ1) is 14.3. The minimum absolute atomic E-state index is 0.141. The molecule has 156 valence electrons. The quantitative estimate of drug-likeness (QED) is 0.709. The van der Waals surface area contributed by atoms with Crippen LogP contribution in [0.2, 0.25) is 0 Å². The Morgan fingerprint density at radius 2 is 1.53 bits per heavy atom. The van der Waals surface area contributed by atoms with Gasteiger partial charge in [0.1, 0.15) is 17.3 Å². The average Bonchev–Trinajstić information content (AvgIpc) is 2.94. The number of imide groups is 1. The number of hydrogen-bond donors (Lipinski definition) is 0. The average molecular weight is 410 g/mol. The van der Waals surface area contributed by atoms with Crippen LogP contribution in [0, 0.1) is 23.5 Å². The Balaban J connectivity index is 1.76. The lowest BCUT2D eigenvalue weighted by Gasteiger charge is -2.37. The normalized spacial score (nSPS) is 22.3. The molecule has 2 aromatic carbocycles. The van der Waals surface area contributed by atoms with Crippen LogP contribution in [0.25, 0.3) is 5.57 Å². The van der Waals surface area contributed by atoms with E-state index in [2.05, 4.69) is 13.8 Å². The first-order valence-electron chi connectivity index (χ1n) is 10.2. The van der Waals surface area contributed by atoms with Crippen LogP contribution in [-0.2, 0) is 16.1 Å². The summed E-state index contributed by atoms with van der Waals surface area (Å²) in [4.78, 5) is 29.8. The number of hydrogen-bond acceptors (Lipinski definition) is 3. The van der Waals surface area contributed by atoms with Crippen molar-refractivity contribution in [2.24, 2.45) is 11.8 Å². The maximum Gasteiger partial charge on any atom is 0.278 e. The Labute approximate surface area is 174 Å². The van der Waals surface area contributed by atoms with E-state index in [1.165, 1.54) is 30.3 Å². The lowest BCUT2D eigenvalue weighted by atomic mass is 9.91. The number of nitrogens with zero attached hydrogens (tertiary/aromatic N) is 2. The molecule has 6 heteroatoms. The van der Waals surface area contributed by atoms with Gasteiger partial charge in [-0.15, -0.1) is 0 Å². The molecule has 2 aliphatic heterocycles. The topological polar surface area (TPSA) is 40.6 Å². The molecule has 0 radical (unpaired) electrons. The van der Waals surface area contributed by atoms with E-state index in [0.29, 0.717) is 36.2 Å².